The molecule has 1 aliphatic rings. The third-order valence-electron chi connectivity index (χ3n) is 2.56. The first-order chi connectivity index (χ1) is 8.11. The maximum atomic E-state index is 11.4. The van der Waals surface area contributed by atoms with E-state index in [9.17, 15) is 4.79 Å². The van der Waals surface area contributed by atoms with Crippen LogP contribution in [0.25, 0.3) is 0 Å². The maximum absolute atomic E-state index is 11.4. The van der Waals surface area contributed by atoms with Gasteiger partial charge in [-0.3, -0.25) is 10.1 Å². The second-order valence-corrected chi connectivity index (χ2v) is 6.05. The van der Waals surface area contributed by atoms with Crippen LogP contribution in [0.3, 0.4) is 0 Å². The number of hydrogen-bond donors (Lipinski definition) is 2. The van der Waals surface area contributed by atoms with Crippen LogP contribution in [0.2, 0.25) is 0 Å². The number of carbonyl (C=O) groups excluding carboxylic acids is 1. The van der Waals surface area contributed by atoms with Gasteiger partial charge >= 0.3 is 0 Å². The van der Waals surface area contributed by atoms with E-state index in [-0.39, 0.29) is 12.1 Å². The summed E-state index contributed by atoms with van der Waals surface area (Å²) in [4.78, 5) is 11.4. The van der Waals surface area contributed by atoms with E-state index in [2.05, 4.69) is 55.8 Å². The number of halogens is 2. The second kappa shape index (κ2) is 5.70. The van der Waals surface area contributed by atoms with Crippen molar-refractivity contribution in [2.75, 3.05) is 13.7 Å². The van der Waals surface area contributed by atoms with Crippen molar-refractivity contribution in [2.45, 2.75) is 12.6 Å². The van der Waals surface area contributed by atoms with E-state index in [1.54, 1.807) is 7.11 Å². The minimum absolute atomic E-state index is 0.0922. The lowest BCUT2D eigenvalue weighted by atomic mass is 10.1. The highest BCUT2D eigenvalue weighted by Crippen LogP contribution is 2.30. The van der Waals surface area contributed by atoms with Crippen LogP contribution in [0.1, 0.15) is 18.2 Å². The van der Waals surface area contributed by atoms with Gasteiger partial charge in [-0.05, 0) is 62.9 Å². The Labute approximate surface area is 127 Å². The highest BCUT2D eigenvalue weighted by atomic mass is 127. The van der Waals surface area contributed by atoms with Gasteiger partial charge in [0, 0.05) is 13.0 Å². The number of ether oxygens (including phenoxy) is 1. The predicted octanol–water partition coefficient (Wildman–Crippen LogP) is 2.01. The van der Waals surface area contributed by atoms with Crippen LogP contribution >= 0.6 is 45.2 Å². The molecular weight excluding hydrogens is 446 g/mol. The molecule has 1 saturated heterocycles. The molecule has 0 bridgehead atoms. The van der Waals surface area contributed by atoms with Gasteiger partial charge in [0.05, 0.1) is 14.3 Å². The summed E-state index contributed by atoms with van der Waals surface area (Å²) >= 11 is 4.49. The Morgan fingerprint density at radius 3 is 2.53 bits per heavy atom. The molecule has 1 aromatic carbocycles. The van der Waals surface area contributed by atoms with Crippen LogP contribution in [0.4, 0.5) is 0 Å². The normalized spacial score (nSPS) is 19.9. The molecule has 1 aliphatic heterocycles. The first-order valence-corrected chi connectivity index (χ1v) is 7.33. The van der Waals surface area contributed by atoms with Crippen molar-refractivity contribution in [1.29, 1.82) is 0 Å². The Bertz CT molecular complexity index is 428. The molecule has 1 amide bonds. The van der Waals surface area contributed by atoms with Crippen LogP contribution in [0.15, 0.2) is 12.1 Å². The minimum atomic E-state index is -0.0933. The highest BCUT2D eigenvalue weighted by Gasteiger charge is 2.20. The highest BCUT2D eigenvalue weighted by molar-refractivity contribution is 14.1. The summed E-state index contributed by atoms with van der Waals surface area (Å²) in [5.74, 6) is 0.978. The van der Waals surface area contributed by atoms with E-state index in [1.165, 1.54) is 0 Å². The smallest absolute Gasteiger partial charge is 0.222 e. The number of benzene rings is 1. The molecule has 1 atom stereocenters. The summed E-state index contributed by atoms with van der Waals surface area (Å²) in [6.07, 6.45) is 0.449. The standard InChI is InChI=1S/C11H12I2N2O2/c1-17-10-7(12)4-6(5-8(10)13)11-14-3-2-9(16)15-11/h4-5,11,14H,2-3H2,1H3,(H,15,16)/t11-/m1/s1. The lowest BCUT2D eigenvalue weighted by molar-refractivity contribution is -0.123. The van der Waals surface area contributed by atoms with Gasteiger partial charge in [-0.1, -0.05) is 0 Å². The largest absolute Gasteiger partial charge is 0.495 e. The molecular formula is C11H12I2N2O2. The molecule has 0 aromatic heterocycles. The zero-order chi connectivity index (χ0) is 12.4. The second-order valence-electron chi connectivity index (χ2n) is 3.72. The molecule has 1 aromatic rings. The maximum Gasteiger partial charge on any atom is 0.222 e. The SMILES string of the molecule is COc1c(I)cc([C@@H]2NCCC(=O)N2)cc1I. The number of hydrogen-bond acceptors (Lipinski definition) is 3. The molecule has 1 fully saturated rings. The Morgan fingerprint density at radius 1 is 1.35 bits per heavy atom. The van der Waals surface area contributed by atoms with Gasteiger partial charge in [0.1, 0.15) is 11.9 Å². The van der Waals surface area contributed by atoms with Crippen molar-refractivity contribution in [3.63, 3.8) is 0 Å². The fourth-order valence-corrected chi connectivity index (χ4v) is 4.01. The molecule has 6 heteroatoms. The van der Waals surface area contributed by atoms with Crippen molar-refractivity contribution in [3.05, 3.63) is 24.8 Å². The molecule has 0 aliphatic carbocycles. The Morgan fingerprint density at radius 2 is 2.00 bits per heavy atom. The van der Waals surface area contributed by atoms with Gasteiger partial charge in [0.2, 0.25) is 5.91 Å². The first-order valence-electron chi connectivity index (χ1n) is 5.17. The number of amides is 1. The number of nitrogens with one attached hydrogen (secondary N) is 2. The molecule has 0 unspecified atom stereocenters. The number of rotatable bonds is 2. The van der Waals surface area contributed by atoms with Gasteiger partial charge in [0.15, 0.2) is 0 Å². The molecule has 1 heterocycles. The van der Waals surface area contributed by atoms with E-state index >= 15 is 0 Å². The quantitative estimate of drug-likeness (QED) is 0.668. The third-order valence-corrected chi connectivity index (χ3v) is 4.17. The first kappa shape index (κ1) is 13.3. The average molecular weight is 458 g/mol. The topological polar surface area (TPSA) is 50.4 Å². The van der Waals surface area contributed by atoms with Crippen LogP contribution in [0.5, 0.6) is 5.75 Å². The fraction of sp³-hybridized carbons (Fsp3) is 0.364. The van der Waals surface area contributed by atoms with Crippen LogP contribution in [-0.2, 0) is 4.79 Å². The molecule has 92 valence electrons. The van der Waals surface area contributed by atoms with Crippen molar-refractivity contribution in [2.24, 2.45) is 0 Å². The Hall–Kier alpha value is -0.0900. The van der Waals surface area contributed by atoms with E-state index in [1.807, 2.05) is 12.1 Å². The molecule has 4 nitrogen and oxygen atoms in total. The number of methoxy groups -OCH3 is 1. The van der Waals surface area contributed by atoms with Gasteiger partial charge in [-0.25, -0.2) is 0 Å². The van der Waals surface area contributed by atoms with E-state index in [0.29, 0.717) is 6.42 Å². The van der Waals surface area contributed by atoms with Gasteiger partial charge in [-0.2, -0.15) is 0 Å². The van der Waals surface area contributed by atoms with E-state index in [4.69, 9.17) is 4.74 Å². The zero-order valence-corrected chi connectivity index (χ0v) is 13.5. The molecule has 0 radical (unpaired) electrons. The lowest BCUT2D eigenvalue weighted by Gasteiger charge is -2.25. The summed E-state index contributed by atoms with van der Waals surface area (Å²) < 4.78 is 7.42. The van der Waals surface area contributed by atoms with Crippen molar-refractivity contribution in [3.8, 4) is 5.75 Å². The molecule has 2 rings (SSSR count). The van der Waals surface area contributed by atoms with Crippen LogP contribution in [0, 0.1) is 7.14 Å². The van der Waals surface area contributed by atoms with E-state index < -0.39 is 0 Å². The van der Waals surface area contributed by atoms with E-state index in [0.717, 1.165) is 25.0 Å². The molecule has 2 N–H and O–H groups in total. The monoisotopic (exact) mass is 458 g/mol. The zero-order valence-electron chi connectivity index (χ0n) is 9.22. The van der Waals surface area contributed by atoms with Gasteiger partial charge < -0.3 is 10.1 Å². The number of carbonyl (C=O) groups is 1. The van der Waals surface area contributed by atoms with Gasteiger partial charge in [-0.15, -0.1) is 0 Å². The lowest BCUT2D eigenvalue weighted by Crippen LogP contribution is -2.44. The van der Waals surface area contributed by atoms with Crippen molar-refractivity contribution in [1.82, 2.24) is 10.6 Å². The Balaban J connectivity index is 2.30. The third kappa shape index (κ3) is 3.02. The van der Waals surface area contributed by atoms with Gasteiger partial charge in [0.25, 0.3) is 0 Å². The minimum Gasteiger partial charge on any atom is -0.495 e. The predicted molar refractivity (Wildman–Crippen MR) is 81.9 cm³/mol. The summed E-state index contributed by atoms with van der Waals surface area (Å²) in [7, 11) is 1.67. The fourth-order valence-electron chi connectivity index (χ4n) is 1.76. The van der Waals surface area contributed by atoms with Crippen molar-refractivity contribution >= 4 is 51.1 Å². The molecule has 0 spiro atoms. The summed E-state index contributed by atoms with van der Waals surface area (Å²) in [5, 5.41) is 6.21. The molecule has 0 saturated carbocycles. The van der Waals surface area contributed by atoms with Crippen LogP contribution < -0.4 is 15.4 Å². The molecule has 17 heavy (non-hydrogen) atoms. The van der Waals surface area contributed by atoms with Crippen LogP contribution in [-0.4, -0.2) is 19.6 Å². The summed E-state index contributed by atoms with van der Waals surface area (Å²) in [6, 6.07) is 4.07. The average Bonchev–Trinajstić information content (AvgIpc) is 2.28. The summed E-state index contributed by atoms with van der Waals surface area (Å²) in [6.45, 7) is 0.718. The van der Waals surface area contributed by atoms with Crippen molar-refractivity contribution < 1.29 is 9.53 Å². The summed E-state index contributed by atoms with van der Waals surface area (Å²) in [5.41, 5.74) is 1.06. The Kier molecular flexibility index (Phi) is 4.47.